The van der Waals surface area contributed by atoms with Crippen LogP contribution in [0.15, 0.2) is 22.8 Å². The van der Waals surface area contributed by atoms with Gasteiger partial charge in [0.2, 0.25) is 5.91 Å². The zero-order chi connectivity index (χ0) is 18.1. The first kappa shape index (κ1) is 17.1. The smallest absolute Gasteiger partial charge is 0.305 e. The van der Waals surface area contributed by atoms with Crippen molar-refractivity contribution in [1.29, 1.82) is 0 Å². The van der Waals surface area contributed by atoms with Crippen molar-refractivity contribution in [2.24, 2.45) is 23.2 Å². The number of hydrogen-bond donors (Lipinski definition) is 3. The number of hydrazine groups is 1. The van der Waals surface area contributed by atoms with Crippen LogP contribution in [-0.4, -0.2) is 24.3 Å². The highest BCUT2D eigenvalue weighted by atomic mass is 16.3. The Morgan fingerprint density at radius 1 is 1.00 bits per heavy atom. The monoisotopic (exact) mass is 359 g/mol. The summed E-state index contributed by atoms with van der Waals surface area (Å²) >= 11 is 0. The fourth-order valence-corrected chi connectivity index (χ4v) is 5.73. The molecule has 4 aliphatic rings. The fraction of sp³-hybridized carbons (Fsp3) is 0.632. The number of nitrogens with one attached hydrogen (secondary N) is 3. The second kappa shape index (κ2) is 6.78. The quantitative estimate of drug-likeness (QED) is 0.698. The standard InChI is InChI=1S/C19H25N3O4/c23-16(10-19-7-12-4-13(8-19)6-14(5-12)9-19)20-11-17(24)21-22-18(25)15-2-1-3-26-15/h1-3,12-14H,4-11H2,(H,20,23)(H,21,24)(H,22,25). The van der Waals surface area contributed by atoms with Gasteiger partial charge in [-0.25, -0.2) is 0 Å². The summed E-state index contributed by atoms with van der Waals surface area (Å²) in [7, 11) is 0. The van der Waals surface area contributed by atoms with E-state index in [1.54, 1.807) is 6.07 Å². The van der Waals surface area contributed by atoms with Crippen molar-refractivity contribution in [3.05, 3.63) is 24.2 Å². The third-order valence-electron chi connectivity index (χ3n) is 6.21. The van der Waals surface area contributed by atoms with E-state index in [4.69, 9.17) is 4.42 Å². The SMILES string of the molecule is O=C(CC12CC3CC(CC(C3)C1)C2)NCC(=O)NNC(=O)c1ccco1. The van der Waals surface area contributed by atoms with Gasteiger partial charge in [-0.15, -0.1) is 0 Å². The Balaban J connectivity index is 1.20. The lowest BCUT2D eigenvalue weighted by Crippen LogP contribution is -2.49. The Kier molecular flexibility index (Phi) is 4.46. The lowest BCUT2D eigenvalue weighted by molar-refractivity contribution is -0.132. The largest absolute Gasteiger partial charge is 0.459 e. The second-order valence-electron chi connectivity index (χ2n) is 8.35. The normalized spacial score (nSPS) is 31.5. The Morgan fingerprint density at radius 3 is 2.23 bits per heavy atom. The van der Waals surface area contributed by atoms with Gasteiger partial charge in [-0.1, -0.05) is 0 Å². The molecule has 3 amide bonds. The summed E-state index contributed by atoms with van der Waals surface area (Å²) < 4.78 is 4.93. The van der Waals surface area contributed by atoms with Crippen LogP contribution in [0.2, 0.25) is 0 Å². The van der Waals surface area contributed by atoms with Crippen molar-refractivity contribution in [2.45, 2.75) is 44.9 Å². The number of amides is 3. The predicted octanol–water partition coefficient (Wildman–Crippen LogP) is 1.76. The molecule has 0 unspecified atom stereocenters. The molecule has 26 heavy (non-hydrogen) atoms. The first-order valence-electron chi connectivity index (χ1n) is 9.41. The van der Waals surface area contributed by atoms with Gasteiger partial charge in [-0.3, -0.25) is 25.2 Å². The Labute approximate surface area is 152 Å². The van der Waals surface area contributed by atoms with Crippen molar-refractivity contribution in [3.63, 3.8) is 0 Å². The summed E-state index contributed by atoms with van der Waals surface area (Å²) in [5, 5.41) is 2.69. The maximum Gasteiger partial charge on any atom is 0.305 e. The second-order valence-corrected chi connectivity index (χ2v) is 8.35. The van der Waals surface area contributed by atoms with Gasteiger partial charge >= 0.3 is 5.91 Å². The Morgan fingerprint density at radius 2 is 1.65 bits per heavy atom. The summed E-state index contributed by atoms with van der Waals surface area (Å²) in [4.78, 5) is 35.8. The molecule has 7 nitrogen and oxygen atoms in total. The lowest BCUT2D eigenvalue weighted by Gasteiger charge is -2.56. The van der Waals surface area contributed by atoms with Crippen molar-refractivity contribution in [1.82, 2.24) is 16.2 Å². The maximum atomic E-state index is 12.4. The fourth-order valence-electron chi connectivity index (χ4n) is 5.73. The average Bonchev–Trinajstić information content (AvgIpc) is 3.11. The summed E-state index contributed by atoms with van der Waals surface area (Å²) in [5.74, 6) is 1.43. The Hall–Kier alpha value is -2.31. The van der Waals surface area contributed by atoms with E-state index in [1.807, 2.05) is 0 Å². The van der Waals surface area contributed by atoms with Crippen molar-refractivity contribution >= 4 is 17.7 Å². The molecule has 0 aromatic carbocycles. The molecule has 0 saturated heterocycles. The van der Waals surface area contributed by atoms with Crippen LogP contribution >= 0.6 is 0 Å². The minimum Gasteiger partial charge on any atom is -0.459 e. The van der Waals surface area contributed by atoms with Gasteiger partial charge in [-0.2, -0.15) is 0 Å². The van der Waals surface area contributed by atoms with E-state index in [0.717, 1.165) is 17.8 Å². The maximum absolute atomic E-state index is 12.4. The molecule has 0 radical (unpaired) electrons. The van der Waals surface area contributed by atoms with Crippen molar-refractivity contribution in [3.8, 4) is 0 Å². The molecule has 1 heterocycles. The Bertz CT molecular complexity index is 662. The van der Waals surface area contributed by atoms with Crippen LogP contribution in [0.1, 0.15) is 55.5 Å². The minimum atomic E-state index is -0.539. The molecule has 1 aromatic heterocycles. The van der Waals surface area contributed by atoms with Gasteiger partial charge in [0, 0.05) is 6.42 Å². The van der Waals surface area contributed by atoms with Crippen LogP contribution in [0, 0.1) is 23.2 Å². The first-order valence-corrected chi connectivity index (χ1v) is 9.41. The molecule has 4 saturated carbocycles. The van der Waals surface area contributed by atoms with Gasteiger partial charge in [0.15, 0.2) is 5.76 Å². The van der Waals surface area contributed by atoms with Gasteiger partial charge in [-0.05, 0) is 73.8 Å². The van der Waals surface area contributed by atoms with Crippen LogP contribution < -0.4 is 16.2 Å². The van der Waals surface area contributed by atoms with E-state index >= 15 is 0 Å². The molecule has 3 N–H and O–H groups in total. The highest BCUT2D eigenvalue weighted by Crippen LogP contribution is 2.61. The van der Waals surface area contributed by atoms with Gasteiger partial charge in [0.05, 0.1) is 12.8 Å². The van der Waals surface area contributed by atoms with Gasteiger partial charge < -0.3 is 9.73 Å². The molecular weight excluding hydrogens is 334 g/mol. The number of rotatable bonds is 5. The van der Waals surface area contributed by atoms with E-state index in [1.165, 1.54) is 50.9 Å². The molecule has 4 aliphatic carbocycles. The highest BCUT2D eigenvalue weighted by molar-refractivity contribution is 5.93. The van der Waals surface area contributed by atoms with Crippen LogP contribution in [0.25, 0.3) is 0 Å². The number of hydrogen-bond acceptors (Lipinski definition) is 4. The van der Waals surface area contributed by atoms with Crippen LogP contribution in [-0.2, 0) is 9.59 Å². The summed E-state index contributed by atoms with van der Waals surface area (Å²) in [6.07, 6.45) is 9.42. The first-order chi connectivity index (χ1) is 12.5. The lowest BCUT2D eigenvalue weighted by atomic mass is 9.49. The minimum absolute atomic E-state index is 0.0699. The van der Waals surface area contributed by atoms with Crippen LogP contribution in [0.3, 0.4) is 0 Å². The third kappa shape index (κ3) is 3.61. The summed E-state index contributed by atoms with van der Waals surface area (Å²) in [6.45, 7) is -0.149. The molecule has 0 aliphatic heterocycles. The van der Waals surface area contributed by atoms with E-state index < -0.39 is 11.8 Å². The van der Waals surface area contributed by atoms with Gasteiger partial charge in [0.25, 0.3) is 5.91 Å². The van der Waals surface area contributed by atoms with Crippen molar-refractivity contribution in [2.75, 3.05) is 6.54 Å². The zero-order valence-electron chi connectivity index (χ0n) is 14.8. The highest BCUT2D eigenvalue weighted by Gasteiger charge is 2.51. The van der Waals surface area contributed by atoms with E-state index in [0.29, 0.717) is 6.42 Å². The van der Waals surface area contributed by atoms with E-state index in [-0.39, 0.29) is 23.6 Å². The molecule has 0 spiro atoms. The van der Waals surface area contributed by atoms with Gasteiger partial charge in [0.1, 0.15) is 0 Å². The van der Waals surface area contributed by atoms with E-state index in [9.17, 15) is 14.4 Å². The molecular formula is C19H25N3O4. The molecule has 140 valence electrons. The predicted molar refractivity (Wildman–Crippen MR) is 92.5 cm³/mol. The molecule has 7 heteroatoms. The summed E-state index contributed by atoms with van der Waals surface area (Å²) in [5.41, 5.74) is 4.68. The molecule has 4 fully saturated rings. The zero-order valence-corrected chi connectivity index (χ0v) is 14.8. The number of carbonyl (C=O) groups is 3. The molecule has 4 bridgehead atoms. The van der Waals surface area contributed by atoms with Crippen LogP contribution in [0.5, 0.6) is 0 Å². The summed E-state index contributed by atoms with van der Waals surface area (Å²) in [6, 6.07) is 3.08. The molecule has 1 aromatic rings. The molecule has 0 atom stereocenters. The van der Waals surface area contributed by atoms with Crippen molar-refractivity contribution < 1.29 is 18.8 Å². The topological polar surface area (TPSA) is 100 Å². The van der Waals surface area contributed by atoms with E-state index in [2.05, 4.69) is 16.2 Å². The average molecular weight is 359 g/mol. The number of furan rings is 1. The number of carbonyl (C=O) groups excluding carboxylic acids is 3. The van der Waals surface area contributed by atoms with Crippen LogP contribution in [0.4, 0.5) is 0 Å². The third-order valence-corrected chi connectivity index (χ3v) is 6.21. The molecule has 5 rings (SSSR count).